The van der Waals surface area contributed by atoms with Crippen LogP contribution in [-0.2, 0) is 6.42 Å². The molecule has 1 aromatic carbocycles. The van der Waals surface area contributed by atoms with Gasteiger partial charge in [0.2, 0.25) is 0 Å². The first-order chi connectivity index (χ1) is 9.81. The minimum absolute atomic E-state index is 0.100. The fourth-order valence-corrected chi connectivity index (χ4v) is 2.87. The van der Waals surface area contributed by atoms with Crippen molar-refractivity contribution in [2.45, 2.75) is 38.1 Å². The molecule has 1 amide bonds. The van der Waals surface area contributed by atoms with Crippen molar-refractivity contribution in [3.05, 3.63) is 29.3 Å². The van der Waals surface area contributed by atoms with Crippen LogP contribution in [0.3, 0.4) is 0 Å². The Bertz CT molecular complexity index is 557. The number of nitrogens with zero attached hydrogens (tertiary/aromatic N) is 2. The molecule has 1 N–H and O–H groups in total. The van der Waals surface area contributed by atoms with E-state index in [4.69, 9.17) is 5.26 Å². The number of benzene rings is 1. The molecule has 0 bridgehead atoms. The van der Waals surface area contributed by atoms with Crippen LogP contribution in [0, 0.1) is 11.3 Å². The van der Waals surface area contributed by atoms with E-state index in [0.717, 1.165) is 49.0 Å². The molecule has 0 saturated heterocycles. The van der Waals surface area contributed by atoms with Crippen molar-refractivity contribution in [1.29, 1.82) is 5.26 Å². The van der Waals surface area contributed by atoms with E-state index >= 15 is 0 Å². The van der Waals surface area contributed by atoms with Gasteiger partial charge in [-0.3, -0.25) is 4.79 Å². The number of carbonyl (C=O) groups is 1. The number of anilines is 1. The van der Waals surface area contributed by atoms with Crippen molar-refractivity contribution in [2.75, 3.05) is 18.4 Å². The summed E-state index contributed by atoms with van der Waals surface area (Å²) in [5.74, 6) is 0.100. The Morgan fingerprint density at radius 2 is 2.30 bits per heavy atom. The summed E-state index contributed by atoms with van der Waals surface area (Å²) in [4.78, 5) is 14.7. The number of hydrogen-bond donors (Lipinski definition) is 1. The Morgan fingerprint density at radius 3 is 3.05 bits per heavy atom. The fraction of sp³-hybridized carbons (Fsp3) is 0.500. The quantitative estimate of drug-likeness (QED) is 0.914. The van der Waals surface area contributed by atoms with Gasteiger partial charge in [0.1, 0.15) is 0 Å². The molecule has 3 rings (SSSR count). The van der Waals surface area contributed by atoms with Crippen molar-refractivity contribution in [3.63, 3.8) is 0 Å². The average molecular weight is 269 g/mol. The van der Waals surface area contributed by atoms with Crippen LogP contribution in [0.1, 0.15) is 41.6 Å². The maximum atomic E-state index is 12.8. The van der Waals surface area contributed by atoms with E-state index in [0.29, 0.717) is 19.0 Å². The van der Waals surface area contributed by atoms with Gasteiger partial charge in [-0.15, -0.1) is 0 Å². The normalized spacial score (nSPS) is 16.8. The topological polar surface area (TPSA) is 56.1 Å². The maximum absolute atomic E-state index is 12.8. The van der Waals surface area contributed by atoms with Crippen molar-refractivity contribution < 1.29 is 4.79 Å². The molecule has 2 aliphatic rings. The molecule has 1 saturated carbocycles. The number of rotatable bonds is 4. The molecule has 0 atom stereocenters. The van der Waals surface area contributed by atoms with Gasteiger partial charge in [-0.05, 0) is 43.4 Å². The SMILES string of the molecule is N#CCCN(C(=O)c1cccc2c1CCCN2)C1CC1. The second-order valence-electron chi connectivity index (χ2n) is 5.50. The molecule has 1 aliphatic carbocycles. The Kier molecular flexibility index (Phi) is 3.60. The summed E-state index contributed by atoms with van der Waals surface area (Å²) in [5.41, 5.74) is 3.06. The molecular weight excluding hydrogens is 250 g/mol. The van der Waals surface area contributed by atoms with Crippen LogP contribution in [0.5, 0.6) is 0 Å². The number of amides is 1. The number of nitrogens with one attached hydrogen (secondary N) is 1. The molecule has 104 valence electrons. The lowest BCUT2D eigenvalue weighted by Crippen LogP contribution is -2.35. The molecule has 0 radical (unpaired) electrons. The lowest BCUT2D eigenvalue weighted by atomic mass is 9.96. The van der Waals surface area contributed by atoms with Crippen LogP contribution >= 0.6 is 0 Å². The lowest BCUT2D eigenvalue weighted by molar-refractivity contribution is 0.0745. The Morgan fingerprint density at radius 1 is 1.45 bits per heavy atom. The Balaban J connectivity index is 1.87. The zero-order chi connectivity index (χ0) is 13.9. The van der Waals surface area contributed by atoms with E-state index in [1.807, 2.05) is 23.1 Å². The van der Waals surface area contributed by atoms with Crippen LogP contribution < -0.4 is 5.32 Å². The van der Waals surface area contributed by atoms with E-state index in [1.54, 1.807) is 0 Å². The van der Waals surface area contributed by atoms with Crippen molar-refractivity contribution in [2.24, 2.45) is 0 Å². The molecule has 4 nitrogen and oxygen atoms in total. The summed E-state index contributed by atoms with van der Waals surface area (Å²) in [6.07, 6.45) is 4.59. The third kappa shape index (κ3) is 2.49. The lowest BCUT2D eigenvalue weighted by Gasteiger charge is -2.25. The summed E-state index contributed by atoms with van der Waals surface area (Å²) in [6, 6.07) is 8.41. The van der Waals surface area contributed by atoms with Gasteiger partial charge in [-0.1, -0.05) is 6.07 Å². The van der Waals surface area contributed by atoms with E-state index in [2.05, 4.69) is 11.4 Å². The van der Waals surface area contributed by atoms with Gasteiger partial charge in [0, 0.05) is 30.4 Å². The molecule has 4 heteroatoms. The monoisotopic (exact) mass is 269 g/mol. The standard InChI is InChI=1S/C16H19N3O/c17-9-3-11-19(12-7-8-12)16(20)14-4-1-6-15-13(14)5-2-10-18-15/h1,4,6,12,18H,2-3,5,7-8,10-11H2. The Labute approximate surface area is 119 Å². The number of fused-ring (bicyclic) bond motifs is 1. The largest absolute Gasteiger partial charge is 0.385 e. The highest BCUT2D eigenvalue weighted by atomic mass is 16.2. The minimum Gasteiger partial charge on any atom is -0.385 e. The van der Waals surface area contributed by atoms with Gasteiger partial charge in [0.05, 0.1) is 12.5 Å². The third-order valence-electron chi connectivity index (χ3n) is 4.04. The fourth-order valence-electron chi connectivity index (χ4n) is 2.87. The van der Waals surface area contributed by atoms with E-state index in [9.17, 15) is 4.79 Å². The Hall–Kier alpha value is -2.02. The summed E-state index contributed by atoms with van der Waals surface area (Å²) in [7, 11) is 0. The molecule has 20 heavy (non-hydrogen) atoms. The molecule has 0 unspecified atom stereocenters. The molecular formula is C16H19N3O. The van der Waals surface area contributed by atoms with Crippen LogP contribution in [0.2, 0.25) is 0 Å². The molecule has 1 fully saturated rings. The van der Waals surface area contributed by atoms with Crippen LogP contribution in [-0.4, -0.2) is 29.9 Å². The van der Waals surface area contributed by atoms with Crippen LogP contribution in [0.25, 0.3) is 0 Å². The highest BCUT2D eigenvalue weighted by Crippen LogP contribution is 2.31. The molecule has 1 heterocycles. The van der Waals surface area contributed by atoms with Crippen LogP contribution in [0.15, 0.2) is 18.2 Å². The summed E-state index contributed by atoms with van der Waals surface area (Å²) < 4.78 is 0. The van der Waals surface area contributed by atoms with Gasteiger partial charge >= 0.3 is 0 Å². The number of carbonyl (C=O) groups excluding carboxylic acids is 1. The smallest absolute Gasteiger partial charge is 0.254 e. The maximum Gasteiger partial charge on any atom is 0.254 e. The van der Waals surface area contributed by atoms with E-state index < -0.39 is 0 Å². The number of hydrogen-bond acceptors (Lipinski definition) is 3. The zero-order valence-electron chi connectivity index (χ0n) is 11.6. The predicted octanol–water partition coefficient (Wildman–Crippen LogP) is 2.56. The van der Waals surface area contributed by atoms with Gasteiger partial charge in [0.25, 0.3) is 5.91 Å². The first-order valence-electron chi connectivity index (χ1n) is 7.35. The predicted molar refractivity (Wildman–Crippen MR) is 77.5 cm³/mol. The van der Waals surface area contributed by atoms with Crippen molar-refractivity contribution >= 4 is 11.6 Å². The summed E-state index contributed by atoms with van der Waals surface area (Å²) in [5, 5.41) is 12.1. The van der Waals surface area contributed by atoms with Gasteiger partial charge in [-0.25, -0.2) is 0 Å². The first-order valence-corrected chi connectivity index (χ1v) is 7.35. The zero-order valence-corrected chi connectivity index (χ0v) is 11.6. The van der Waals surface area contributed by atoms with E-state index in [-0.39, 0.29) is 5.91 Å². The molecule has 1 aliphatic heterocycles. The number of nitriles is 1. The average Bonchev–Trinajstić information content (AvgIpc) is 3.31. The second-order valence-corrected chi connectivity index (χ2v) is 5.50. The third-order valence-corrected chi connectivity index (χ3v) is 4.04. The minimum atomic E-state index is 0.100. The summed E-state index contributed by atoms with van der Waals surface area (Å²) >= 11 is 0. The van der Waals surface area contributed by atoms with Crippen LogP contribution in [0.4, 0.5) is 5.69 Å². The highest BCUT2D eigenvalue weighted by Gasteiger charge is 2.33. The van der Waals surface area contributed by atoms with Crippen molar-refractivity contribution in [1.82, 2.24) is 4.90 Å². The molecule has 0 spiro atoms. The highest BCUT2D eigenvalue weighted by molar-refractivity contribution is 5.97. The van der Waals surface area contributed by atoms with E-state index in [1.165, 1.54) is 0 Å². The first kappa shape index (κ1) is 13.0. The molecule has 0 aromatic heterocycles. The van der Waals surface area contributed by atoms with Gasteiger partial charge in [0.15, 0.2) is 0 Å². The second kappa shape index (κ2) is 5.54. The summed E-state index contributed by atoms with van der Waals surface area (Å²) in [6.45, 7) is 1.53. The van der Waals surface area contributed by atoms with Gasteiger partial charge < -0.3 is 10.2 Å². The van der Waals surface area contributed by atoms with Gasteiger partial charge in [-0.2, -0.15) is 5.26 Å². The molecule has 1 aromatic rings. The van der Waals surface area contributed by atoms with Crippen molar-refractivity contribution in [3.8, 4) is 6.07 Å².